The smallest absolute Gasteiger partial charge is 0.308 e. The second-order valence-corrected chi connectivity index (χ2v) is 13.3. The van der Waals surface area contributed by atoms with E-state index in [4.69, 9.17) is 9.47 Å². The van der Waals surface area contributed by atoms with Crippen molar-refractivity contribution < 1.29 is 39.2 Å². The zero-order chi connectivity index (χ0) is 31.4. The van der Waals surface area contributed by atoms with E-state index in [-0.39, 0.29) is 30.9 Å². The minimum absolute atomic E-state index is 0.0823. The molecule has 230 valence electrons. The average Bonchev–Trinajstić information content (AvgIpc) is 2.90. The number of aliphatic hydroxyl groups is 3. The molecule has 2 fully saturated rings. The fourth-order valence-corrected chi connectivity index (χ4v) is 7.74. The number of ketones is 1. The summed E-state index contributed by atoms with van der Waals surface area (Å²) in [6.07, 6.45) is -4.58. The maximum absolute atomic E-state index is 13.3. The fourth-order valence-electron chi connectivity index (χ4n) is 7.74. The van der Waals surface area contributed by atoms with E-state index in [9.17, 15) is 29.7 Å². The Morgan fingerprint density at radius 1 is 1.12 bits per heavy atom. The largest absolute Gasteiger partial charge is 0.459 e. The molecule has 0 spiro atoms. The third-order valence-corrected chi connectivity index (χ3v) is 10.2. The summed E-state index contributed by atoms with van der Waals surface area (Å²) in [5.41, 5.74) is -2.47. The average molecular weight is 584 g/mol. The van der Waals surface area contributed by atoms with E-state index in [1.165, 1.54) is 6.92 Å². The summed E-state index contributed by atoms with van der Waals surface area (Å²) in [7, 11) is 3.78. The lowest BCUT2D eigenvalue weighted by atomic mass is 9.48. The number of fused-ring (bicyclic) bond motifs is 3. The molecule has 42 heavy (non-hydrogen) atoms. The van der Waals surface area contributed by atoms with E-state index in [1.807, 2.05) is 49.3 Å². The summed E-state index contributed by atoms with van der Waals surface area (Å²) >= 11 is 0. The third kappa shape index (κ3) is 5.14. The molecule has 4 rings (SSSR count). The van der Waals surface area contributed by atoms with Gasteiger partial charge < -0.3 is 29.7 Å². The van der Waals surface area contributed by atoms with Crippen molar-refractivity contribution in [2.24, 2.45) is 16.7 Å². The molecule has 0 radical (unpaired) electrons. The first-order chi connectivity index (χ1) is 19.5. The Kier molecular flexibility index (Phi) is 8.66. The van der Waals surface area contributed by atoms with Crippen LogP contribution in [-0.4, -0.2) is 82.1 Å². The van der Waals surface area contributed by atoms with Gasteiger partial charge in [0.2, 0.25) is 0 Å². The van der Waals surface area contributed by atoms with Gasteiger partial charge in [-0.1, -0.05) is 57.7 Å². The number of aliphatic hydroxyl groups excluding tert-OH is 2. The lowest BCUT2D eigenvalue weighted by molar-refractivity contribution is -0.223. The summed E-state index contributed by atoms with van der Waals surface area (Å²) in [5.74, 6) is -2.46. The Hall–Kier alpha value is -2.85. The zero-order valence-electron chi connectivity index (χ0n) is 25.7. The molecule has 3 aliphatic rings. The molecule has 2 saturated carbocycles. The number of carbonyl (C=O) groups excluding carboxylic acids is 3. The van der Waals surface area contributed by atoms with Crippen LogP contribution in [0.25, 0.3) is 0 Å². The second-order valence-electron chi connectivity index (χ2n) is 13.3. The number of ether oxygens (including phenoxy) is 2. The molecule has 0 saturated heterocycles. The first kappa shape index (κ1) is 32.1. The third-order valence-electron chi connectivity index (χ3n) is 10.2. The summed E-state index contributed by atoms with van der Waals surface area (Å²) in [5, 5.41) is 36.0. The summed E-state index contributed by atoms with van der Waals surface area (Å²) in [4.78, 5) is 40.7. The van der Waals surface area contributed by atoms with E-state index < -0.39 is 64.5 Å². The Labute approximate surface area is 248 Å². The number of benzene rings is 1. The number of esters is 2. The molecule has 1 aromatic rings. The summed E-state index contributed by atoms with van der Waals surface area (Å²) in [6, 6.07) is 9.41. The molecular weight excluding hydrogens is 538 g/mol. The highest BCUT2D eigenvalue weighted by Crippen LogP contribution is 2.60. The van der Waals surface area contributed by atoms with Crippen LogP contribution >= 0.6 is 0 Å². The van der Waals surface area contributed by atoms with Gasteiger partial charge in [0.15, 0.2) is 5.78 Å². The van der Waals surface area contributed by atoms with Gasteiger partial charge in [0.25, 0.3) is 0 Å². The number of Topliss-reactive ketones (excluding diaryl/α,β-unsaturated/α-hetero) is 1. The van der Waals surface area contributed by atoms with Gasteiger partial charge in [0, 0.05) is 36.1 Å². The number of carbonyl (C=O) groups is 3. The fraction of sp³-hybridized carbons (Fsp3) is 0.606. The van der Waals surface area contributed by atoms with Crippen LogP contribution in [0.2, 0.25) is 0 Å². The highest BCUT2D eigenvalue weighted by Gasteiger charge is 2.67. The van der Waals surface area contributed by atoms with E-state index >= 15 is 0 Å². The molecule has 0 aliphatic heterocycles. The van der Waals surface area contributed by atoms with Gasteiger partial charge in [0.05, 0.1) is 12.5 Å². The van der Waals surface area contributed by atoms with Crippen LogP contribution in [-0.2, 0) is 23.9 Å². The highest BCUT2D eigenvalue weighted by molar-refractivity contribution is 5.98. The van der Waals surface area contributed by atoms with Gasteiger partial charge in [-0.15, -0.1) is 0 Å². The van der Waals surface area contributed by atoms with Crippen molar-refractivity contribution in [1.29, 1.82) is 0 Å². The molecular formula is C33H45NO8. The Morgan fingerprint density at radius 2 is 1.74 bits per heavy atom. The van der Waals surface area contributed by atoms with Gasteiger partial charge in [-0.05, 0) is 56.1 Å². The first-order valence-electron chi connectivity index (χ1n) is 14.6. The van der Waals surface area contributed by atoms with E-state index in [2.05, 4.69) is 6.58 Å². The lowest BCUT2D eigenvalue weighted by Gasteiger charge is -2.61. The van der Waals surface area contributed by atoms with Crippen molar-refractivity contribution in [3.63, 3.8) is 0 Å². The molecule has 8 atom stereocenters. The molecule has 3 aliphatic carbocycles. The van der Waals surface area contributed by atoms with Crippen molar-refractivity contribution >= 4 is 17.7 Å². The normalized spacial score (nSPS) is 35.2. The first-order valence-corrected chi connectivity index (χ1v) is 14.6. The second kappa shape index (κ2) is 11.3. The predicted octanol–water partition coefficient (Wildman–Crippen LogP) is 3.28. The topological polar surface area (TPSA) is 134 Å². The highest BCUT2D eigenvalue weighted by atomic mass is 16.6. The van der Waals surface area contributed by atoms with Crippen LogP contribution < -0.4 is 0 Å². The molecule has 9 nitrogen and oxygen atoms in total. The lowest BCUT2D eigenvalue weighted by Crippen LogP contribution is -2.69. The standard InChI is InChI=1S/C33H45NO8/c1-18-23(36)17-33(40)29(39)27-19(2)24(42-25(37)16-22(34(7)8)21-12-10-9-11-13-21)14-15-32(27,6)30(41-20(3)35)28(38)26(18)31(33,4)5/h9-13,22,24,27-30,38-40H,2,14-17H2,1,3-8H3. The van der Waals surface area contributed by atoms with Crippen molar-refractivity contribution in [3.8, 4) is 0 Å². The van der Waals surface area contributed by atoms with Crippen LogP contribution in [0.4, 0.5) is 0 Å². The van der Waals surface area contributed by atoms with E-state index in [1.54, 1.807) is 27.7 Å². The Bertz CT molecular complexity index is 1290. The number of hydrogen-bond acceptors (Lipinski definition) is 9. The SMILES string of the molecule is C=C1C(OC(=O)CC(c2ccccc2)N(C)C)CCC2(C)C(OC(C)=O)C(O)C3=C(C)C(=O)CC(O)(C(O)C12)C3(C)C. The summed E-state index contributed by atoms with van der Waals surface area (Å²) < 4.78 is 11.8. The maximum Gasteiger partial charge on any atom is 0.308 e. The van der Waals surface area contributed by atoms with Crippen LogP contribution in [0.1, 0.15) is 71.9 Å². The minimum Gasteiger partial charge on any atom is -0.459 e. The number of allylic oxidation sites excluding steroid dienone is 1. The van der Waals surface area contributed by atoms with Gasteiger partial charge in [-0.3, -0.25) is 14.4 Å². The summed E-state index contributed by atoms with van der Waals surface area (Å²) in [6.45, 7) is 12.2. The van der Waals surface area contributed by atoms with Gasteiger partial charge in [-0.2, -0.15) is 0 Å². The van der Waals surface area contributed by atoms with Crippen molar-refractivity contribution in [3.05, 3.63) is 59.2 Å². The van der Waals surface area contributed by atoms with E-state index in [0.29, 0.717) is 17.6 Å². The molecule has 9 heteroatoms. The predicted molar refractivity (Wildman–Crippen MR) is 156 cm³/mol. The van der Waals surface area contributed by atoms with Crippen LogP contribution in [0.15, 0.2) is 53.6 Å². The van der Waals surface area contributed by atoms with Crippen LogP contribution in [0, 0.1) is 16.7 Å². The molecule has 0 aromatic heterocycles. The van der Waals surface area contributed by atoms with E-state index in [0.717, 1.165) is 5.56 Å². The molecule has 3 N–H and O–H groups in total. The van der Waals surface area contributed by atoms with Gasteiger partial charge in [-0.25, -0.2) is 0 Å². The van der Waals surface area contributed by atoms with Crippen molar-refractivity contribution in [2.75, 3.05) is 14.1 Å². The minimum atomic E-state index is -1.97. The number of hydrogen-bond donors (Lipinski definition) is 3. The van der Waals surface area contributed by atoms with Crippen molar-refractivity contribution in [1.82, 2.24) is 4.90 Å². The molecule has 2 bridgehead atoms. The molecule has 1 aromatic carbocycles. The van der Waals surface area contributed by atoms with Crippen molar-refractivity contribution in [2.45, 2.75) is 96.4 Å². The van der Waals surface area contributed by atoms with Gasteiger partial charge >= 0.3 is 11.9 Å². The van der Waals surface area contributed by atoms with Crippen LogP contribution in [0.3, 0.4) is 0 Å². The molecule has 8 unspecified atom stereocenters. The number of nitrogens with zero attached hydrogens (tertiary/aromatic N) is 1. The monoisotopic (exact) mass is 583 g/mol. The Morgan fingerprint density at radius 3 is 2.31 bits per heavy atom. The molecule has 0 amide bonds. The van der Waals surface area contributed by atoms with Gasteiger partial charge in [0.1, 0.15) is 23.9 Å². The zero-order valence-corrected chi connectivity index (χ0v) is 25.7. The maximum atomic E-state index is 13.3. The Balaban J connectivity index is 1.72. The van der Waals surface area contributed by atoms with Crippen LogP contribution in [0.5, 0.6) is 0 Å². The quantitative estimate of drug-likeness (QED) is 0.341. The number of rotatable bonds is 6. The molecule has 0 heterocycles.